The molecule has 1 aromatic rings. The molecule has 2 amide bonds. The van der Waals surface area contributed by atoms with Gasteiger partial charge < -0.3 is 15.4 Å². The van der Waals surface area contributed by atoms with E-state index in [1.54, 1.807) is 7.11 Å². The highest BCUT2D eigenvalue weighted by Gasteiger charge is 2.17. The topological polar surface area (TPSA) is 91.5 Å². The standard InChI is InChI=1S/C16H24N4O3S/c1-11(10-23-3)17-16(24)20-19-15(22)9-14(18-12(2)21)13-7-5-4-6-8-13/h4-8,11,14H,9-10H2,1-3H3,(H,18,21)(H,19,22)(H2,17,20,24)/t11-,14-/m1/s1. The first-order chi connectivity index (χ1) is 11.4. The number of carbonyl (C=O) groups excluding carboxylic acids is 2. The summed E-state index contributed by atoms with van der Waals surface area (Å²) >= 11 is 5.08. The quantitative estimate of drug-likeness (QED) is 0.428. The number of benzene rings is 1. The van der Waals surface area contributed by atoms with Crippen molar-refractivity contribution in [2.45, 2.75) is 32.4 Å². The zero-order valence-corrected chi connectivity index (χ0v) is 14.9. The average Bonchev–Trinajstić information content (AvgIpc) is 2.53. The van der Waals surface area contributed by atoms with Crippen LogP contribution in [0.4, 0.5) is 0 Å². The first kappa shape index (κ1) is 19.9. The minimum absolute atomic E-state index is 0.0170. The van der Waals surface area contributed by atoms with Gasteiger partial charge in [-0.25, -0.2) is 0 Å². The number of methoxy groups -OCH3 is 1. The Morgan fingerprint density at radius 1 is 1.17 bits per heavy atom. The van der Waals surface area contributed by atoms with Gasteiger partial charge in [-0.2, -0.15) is 0 Å². The number of hydrogen-bond acceptors (Lipinski definition) is 4. The largest absolute Gasteiger partial charge is 0.383 e. The van der Waals surface area contributed by atoms with Gasteiger partial charge in [-0.1, -0.05) is 30.3 Å². The molecule has 0 aromatic heterocycles. The van der Waals surface area contributed by atoms with Gasteiger partial charge in [0, 0.05) is 20.1 Å². The van der Waals surface area contributed by atoms with Crippen LogP contribution in [0, 0.1) is 0 Å². The van der Waals surface area contributed by atoms with Crippen molar-refractivity contribution in [1.82, 2.24) is 21.5 Å². The van der Waals surface area contributed by atoms with Gasteiger partial charge in [0.05, 0.1) is 19.1 Å². The van der Waals surface area contributed by atoms with Crippen LogP contribution < -0.4 is 21.5 Å². The lowest BCUT2D eigenvalue weighted by Crippen LogP contribution is -2.50. The molecule has 0 radical (unpaired) electrons. The van der Waals surface area contributed by atoms with Gasteiger partial charge in [0.2, 0.25) is 11.8 Å². The summed E-state index contributed by atoms with van der Waals surface area (Å²) in [6, 6.07) is 8.93. The first-order valence-electron chi connectivity index (χ1n) is 7.58. The molecule has 0 saturated carbocycles. The third-order valence-electron chi connectivity index (χ3n) is 3.08. The Bertz CT molecular complexity index is 554. The van der Waals surface area contributed by atoms with Gasteiger partial charge in [-0.15, -0.1) is 0 Å². The van der Waals surface area contributed by atoms with Gasteiger partial charge in [0.1, 0.15) is 0 Å². The Kier molecular flexibility index (Phi) is 8.74. The molecule has 0 aliphatic rings. The Morgan fingerprint density at radius 3 is 2.42 bits per heavy atom. The maximum absolute atomic E-state index is 12.1. The molecule has 2 atom stereocenters. The van der Waals surface area contributed by atoms with Crippen molar-refractivity contribution in [2.24, 2.45) is 0 Å². The summed E-state index contributed by atoms with van der Waals surface area (Å²) in [5.74, 6) is -0.490. The van der Waals surface area contributed by atoms with Gasteiger partial charge in [0.25, 0.3) is 0 Å². The number of nitrogens with one attached hydrogen (secondary N) is 4. The predicted octanol–water partition coefficient (Wildman–Crippen LogP) is 0.784. The van der Waals surface area contributed by atoms with Crippen molar-refractivity contribution < 1.29 is 14.3 Å². The van der Waals surface area contributed by atoms with Crippen molar-refractivity contribution in [1.29, 1.82) is 0 Å². The number of thiocarbonyl (C=S) groups is 1. The van der Waals surface area contributed by atoms with E-state index in [0.29, 0.717) is 11.7 Å². The van der Waals surface area contributed by atoms with E-state index in [9.17, 15) is 9.59 Å². The lowest BCUT2D eigenvalue weighted by molar-refractivity contribution is -0.123. The summed E-state index contributed by atoms with van der Waals surface area (Å²) in [4.78, 5) is 23.4. The highest BCUT2D eigenvalue weighted by molar-refractivity contribution is 7.80. The molecule has 24 heavy (non-hydrogen) atoms. The summed E-state index contributed by atoms with van der Waals surface area (Å²) in [5.41, 5.74) is 6.01. The maximum atomic E-state index is 12.1. The number of hydrazine groups is 1. The van der Waals surface area contributed by atoms with Crippen LogP contribution in [-0.4, -0.2) is 36.7 Å². The van der Waals surface area contributed by atoms with Crippen LogP contribution in [-0.2, 0) is 14.3 Å². The third kappa shape index (κ3) is 7.89. The van der Waals surface area contributed by atoms with E-state index in [0.717, 1.165) is 5.56 Å². The molecular weight excluding hydrogens is 328 g/mol. The van der Waals surface area contributed by atoms with Crippen molar-refractivity contribution in [3.63, 3.8) is 0 Å². The third-order valence-corrected chi connectivity index (χ3v) is 3.30. The summed E-state index contributed by atoms with van der Waals surface area (Å²) < 4.78 is 4.99. The van der Waals surface area contributed by atoms with Crippen LogP contribution in [0.5, 0.6) is 0 Å². The van der Waals surface area contributed by atoms with Crippen LogP contribution in [0.15, 0.2) is 30.3 Å². The zero-order valence-electron chi connectivity index (χ0n) is 14.1. The second-order valence-electron chi connectivity index (χ2n) is 5.37. The Balaban J connectivity index is 2.50. The maximum Gasteiger partial charge on any atom is 0.240 e. The lowest BCUT2D eigenvalue weighted by Gasteiger charge is -2.19. The minimum Gasteiger partial charge on any atom is -0.383 e. The Labute approximate surface area is 147 Å². The fraction of sp³-hybridized carbons (Fsp3) is 0.438. The minimum atomic E-state index is -0.403. The van der Waals surface area contributed by atoms with E-state index in [1.807, 2.05) is 37.3 Å². The van der Waals surface area contributed by atoms with Crippen LogP contribution in [0.1, 0.15) is 31.9 Å². The molecule has 0 saturated heterocycles. The van der Waals surface area contributed by atoms with E-state index in [-0.39, 0.29) is 24.3 Å². The first-order valence-corrected chi connectivity index (χ1v) is 7.99. The average molecular weight is 352 g/mol. The molecule has 8 heteroatoms. The van der Waals surface area contributed by atoms with Crippen LogP contribution in [0.3, 0.4) is 0 Å². The SMILES string of the molecule is COC[C@@H](C)NC(=S)NNC(=O)C[C@@H](NC(C)=O)c1ccccc1. The molecule has 0 spiro atoms. The smallest absolute Gasteiger partial charge is 0.240 e. The normalized spacial score (nSPS) is 12.6. The van der Waals surface area contributed by atoms with Crippen molar-refractivity contribution in [3.8, 4) is 0 Å². The molecule has 0 aliphatic carbocycles. The van der Waals surface area contributed by atoms with E-state index in [1.165, 1.54) is 6.92 Å². The molecule has 1 rings (SSSR count). The van der Waals surface area contributed by atoms with Gasteiger partial charge in [-0.05, 0) is 24.7 Å². The molecular formula is C16H24N4O3S. The van der Waals surface area contributed by atoms with E-state index >= 15 is 0 Å². The number of ether oxygens (including phenoxy) is 1. The number of rotatable bonds is 7. The molecule has 0 aliphatic heterocycles. The summed E-state index contributed by atoms with van der Waals surface area (Å²) in [5, 5.41) is 6.03. The van der Waals surface area contributed by atoms with Crippen LogP contribution in [0.25, 0.3) is 0 Å². The van der Waals surface area contributed by atoms with Crippen LogP contribution in [0.2, 0.25) is 0 Å². The lowest BCUT2D eigenvalue weighted by atomic mass is 10.0. The van der Waals surface area contributed by atoms with E-state index < -0.39 is 6.04 Å². The molecule has 7 nitrogen and oxygen atoms in total. The summed E-state index contributed by atoms with van der Waals surface area (Å²) in [6.07, 6.45) is 0.0901. The van der Waals surface area contributed by atoms with Crippen molar-refractivity contribution in [3.05, 3.63) is 35.9 Å². The monoisotopic (exact) mass is 352 g/mol. The number of amides is 2. The Morgan fingerprint density at radius 2 is 1.83 bits per heavy atom. The fourth-order valence-corrected chi connectivity index (χ4v) is 2.35. The van der Waals surface area contributed by atoms with Gasteiger partial charge >= 0.3 is 0 Å². The predicted molar refractivity (Wildman–Crippen MR) is 96.0 cm³/mol. The molecule has 1 aromatic carbocycles. The highest BCUT2D eigenvalue weighted by atomic mass is 32.1. The second kappa shape index (κ2) is 10.6. The summed E-state index contributed by atoms with van der Waals surface area (Å²) in [7, 11) is 1.60. The van der Waals surface area contributed by atoms with Gasteiger partial charge in [-0.3, -0.25) is 20.4 Å². The summed E-state index contributed by atoms with van der Waals surface area (Å²) in [6.45, 7) is 3.82. The zero-order chi connectivity index (χ0) is 17.9. The highest BCUT2D eigenvalue weighted by Crippen LogP contribution is 2.16. The van der Waals surface area contributed by atoms with E-state index in [2.05, 4.69) is 21.5 Å². The molecule has 0 fully saturated rings. The van der Waals surface area contributed by atoms with Crippen LogP contribution >= 0.6 is 12.2 Å². The number of carbonyl (C=O) groups is 2. The molecule has 0 bridgehead atoms. The fourth-order valence-electron chi connectivity index (χ4n) is 2.10. The molecule has 4 N–H and O–H groups in total. The van der Waals surface area contributed by atoms with E-state index in [4.69, 9.17) is 17.0 Å². The van der Waals surface area contributed by atoms with Crippen molar-refractivity contribution in [2.75, 3.05) is 13.7 Å². The second-order valence-corrected chi connectivity index (χ2v) is 5.78. The number of hydrogen-bond donors (Lipinski definition) is 4. The molecule has 0 heterocycles. The Hall–Kier alpha value is -2.19. The van der Waals surface area contributed by atoms with Gasteiger partial charge in [0.15, 0.2) is 5.11 Å². The molecule has 132 valence electrons. The van der Waals surface area contributed by atoms with Crippen molar-refractivity contribution >= 4 is 29.1 Å². The molecule has 0 unspecified atom stereocenters.